The molecular weight excluding hydrogens is 639 g/mol. The van der Waals surface area contributed by atoms with Crippen LogP contribution >= 0.6 is 0 Å². The molecule has 6 aromatic rings. The van der Waals surface area contributed by atoms with E-state index in [1.165, 1.54) is 65.7 Å². The second kappa shape index (κ2) is 15.3. The van der Waals surface area contributed by atoms with Crippen molar-refractivity contribution in [3.63, 3.8) is 0 Å². The van der Waals surface area contributed by atoms with Crippen molar-refractivity contribution >= 4 is 28.6 Å². The summed E-state index contributed by atoms with van der Waals surface area (Å²) in [5, 5.41) is 8.39. The van der Waals surface area contributed by atoms with E-state index in [4.69, 9.17) is 0 Å². The standard InChI is InChI=1S/C39H36.C11H11N.C2H6/c1-4-5-6-16-30-26-38(2,3)34-20-11-12-21-35(34)39(30)33-19-10-9-17-32(33)37-31(18-13-22-36(37)39)29-24-23-27-14-7-8-15-28(27)25-29;1-12-11-7-6-9-4-2-3-5-10(9)8-11;1-2/h6-23,25-26,29H,4-5,24H2,1-3H3;2-8,12H,1H3;1-2H3/b16-6-;;. The maximum atomic E-state index is 3.12. The summed E-state index contributed by atoms with van der Waals surface area (Å²) in [4.78, 5) is 0. The van der Waals surface area contributed by atoms with E-state index in [9.17, 15) is 0 Å². The molecule has 0 fully saturated rings. The molecule has 0 aliphatic heterocycles. The molecule has 53 heavy (non-hydrogen) atoms. The zero-order valence-electron chi connectivity index (χ0n) is 32.3. The van der Waals surface area contributed by atoms with E-state index >= 15 is 0 Å². The Morgan fingerprint density at radius 3 is 2.11 bits per heavy atom. The minimum absolute atomic E-state index is 0.0428. The number of hydrogen-bond acceptors (Lipinski definition) is 1. The molecule has 1 heteroatoms. The van der Waals surface area contributed by atoms with E-state index in [-0.39, 0.29) is 10.8 Å². The van der Waals surface area contributed by atoms with E-state index < -0.39 is 0 Å². The molecule has 0 heterocycles. The van der Waals surface area contributed by atoms with Gasteiger partial charge in [-0.15, -0.1) is 0 Å². The van der Waals surface area contributed by atoms with Gasteiger partial charge in [0.2, 0.25) is 0 Å². The highest BCUT2D eigenvalue weighted by Gasteiger charge is 2.51. The molecular formula is C52H53N. The van der Waals surface area contributed by atoms with E-state index in [0.29, 0.717) is 5.92 Å². The summed E-state index contributed by atoms with van der Waals surface area (Å²) in [5.74, 6) is 0.358. The maximum absolute atomic E-state index is 3.12. The largest absolute Gasteiger partial charge is 0.388 e. The lowest BCUT2D eigenvalue weighted by Crippen LogP contribution is -2.37. The Hall–Kier alpha value is -5.40. The van der Waals surface area contributed by atoms with Crippen LogP contribution in [-0.2, 0) is 10.8 Å². The van der Waals surface area contributed by atoms with Crippen LogP contribution in [0.25, 0.3) is 34.1 Å². The van der Waals surface area contributed by atoms with Crippen molar-refractivity contribution in [1.29, 1.82) is 0 Å². The Balaban J connectivity index is 0.000000262. The van der Waals surface area contributed by atoms with Crippen molar-refractivity contribution in [3.8, 4) is 11.1 Å². The first kappa shape index (κ1) is 36.0. The lowest BCUT2D eigenvalue weighted by Gasteiger charge is -2.44. The number of hydrogen-bond donors (Lipinski definition) is 1. The van der Waals surface area contributed by atoms with E-state index in [1.807, 2.05) is 20.9 Å². The van der Waals surface area contributed by atoms with Crippen molar-refractivity contribution in [2.24, 2.45) is 0 Å². The molecule has 266 valence electrons. The zero-order chi connectivity index (χ0) is 37.0. The van der Waals surface area contributed by atoms with Crippen LogP contribution in [0, 0.1) is 0 Å². The smallest absolute Gasteiger partial charge is 0.0713 e. The van der Waals surface area contributed by atoms with Crippen molar-refractivity contribution < 1.29 is 0 Å². The van der Waals surface area contributed by atoms with Gasteiger partial charge in [-0.25, -0.2) is 0 Å². The topological polar surface area (TPSA) is 12.0 Å². The maximum Gasteiger partial charge on any atom is 0.0713 e. The Morgan fingerprint density at radius 1 is 0.679 bits per heavy atom. The average Bonchev–Trinajstić information content (AvgIpc) is 3.51. The lowest BCUT2D eigenvalue weighted by molar-refractivity contribution is 0.591. The molecule has 0 saturated carbocycles. The fourth-order valence-electron chi connectivity index (χ4n) is 8.87. The highest BCUT2D eigenvalue weighted by atomic mass is 14.8. The van der Waals surface area contributed by atoms with Gasteiger partial charge in [-0.3, -0.25) is 0 Å². The first-order chi connectivity index (χ1) is 26.0. The first-order valence-electron chi connectivity index (χ1n) is 19.6. The SMILES string of the molecule is CC.CCC/C=C\C1=CC(C)(C)c2ccccc2C12c1ccccc1-c1c(C3C=c4ccccc4=CC3)cccc12.CNc1ccc2ccccc2c1. The summed E-state index contributed by atoms with van der Waals surface area (Å²) in [6.07, 6.45) is 15.6. The van der Waals surface area contributed by atoms with Gasteiger partial charge in [0.1, 0.15) is 0 Å². The van der Waals surface area contributed by atoms with E-state index in [0.717, 1.165) is 24.9 Å². The monoisotopic (exact) mass is 691 g/mol. The molecule has 2 unspecified atom stereocenters. The minimum atomic E-state index is -0.311. The second-order valence-electron chi connectivity index (χ2n) is 14.8. The Kier molecular flexibility index (Phi) is 10.4. The van der Waals surface area contributed by atoms with Gasteiger partial charge < -0.3 is 5.32 Å². The van der Waals surface area contributed by atoms with Crippen LogP contribution < -0.4 is 15.8 Å². The number of benzene rings is 6. The molecule has 2 atom stereocenters. The molecule has 3 aliphatic carbocycles. The third-order valence-electron chi connectivity index (χ3n) is 11.2. The highest BCUT2D eigenvalue weighted by Crippen LogP contribution is 2.61. The predicted molar refractivity (Wildman–Crippen MR) is 230 cm³/mol. The summed E-state index contributed by atoms with van der Waals surface area (Å²) in [7, 11) is 1.93. The minimum Gasteiger partial charge on any atom is -0.388 e. The van der Waals surface area contributed by atoms with Gasteiger partial charge in [0, 0.05) is 24.1 Å². The molecule has 0 saturated heterocycles. The van der Waals surface area contributed by atoms with Crippen molar-refractivity contribution in [2.75, 3.05) is 12.4 Å². The first-order valence-corrected chi connectivity index (χ1v) is 19.6. The lowest BCUT2D eigenvalue weighted by atomic mass is 9.58. The van der Waals surface area contributed by atoms with Crippen molar-refractivity contribution in [2.45, 2.75) is 70.6 Å². The number of rotatable bonds is 5. The normalized spacial score (nSPS) is 18.5. The number of allylic oxidation sites excluding steroid dienone is 4. The van der Waals surface area contributed by atoms with Gasteiger partial charge in [0.05, 0.1) is 5.41 Å². The molecule has 1 N–H and O–H groups in total. The molecule has 0 aromatic heterocycles. The van der Waals surface area contributed by atoms with Gasteiger partial charge in [0.15, 0.2) is 0 Å². The number of anilines is 1. The summed E-state index contributed by atoms with van der Waals surface area (Å²) >= 11 is 0. The molecule has 0 bridgehead atoms. The van der Waals surface area contributed by atoms with Crippen molar-refractivity contribution in [1.82, 2.24) is 0 Å². The van der Waals surface area contributed by atoms with E-state index in [2.05, 4.69) is 190 Å². The molecule has 9 rings (SSSR count). The fourth-order valence-corrected chi connectivity index (χ4v) is 8.87. The van der Waals surface area contributed by atoms with Crippen LogP contribution in [0.2, 0.25) is 0 Å². The van der Waals surface area contributed by atoms with Crippen molar-refractivity contribution in [3.05, 3.63) is 196 Å². The van der Waals surface area contributed by atoms with Crippen LogP contribution in [0.5, 0.6) is 0 Å². The molecule has 0 radical (unpaired) electrons. The van der Waals surface area contributed by atoms with Gasteiger partial charge in [-0.2, -0.15) is 0 Å². The predicted octanol–water partition coefficient (Wildman–Crippen LogP) is 12.2. The van der Waals surface area contributed by atoms with Gasteiger partial charge >= 0.3 is 0 Å². The Morgan fingerprint density at radius 2 is 1.34 bits per heavy atom. The third kappa shape index (κ3) is 6.37. The van der Waals surface area contributed by atoms with Crippen LogP contribution in [0.3, 0.4) is 0 Å². The molecule has 3 aliphatic rings. The molecule has 0 amide bonds. The Labute approximate surface area is 317 Å². The summed E-state index contributed by atoms with van der Waals surface area (Å²) in [6, 6.07) is 49.0. The number of fused-ring (bicyclic) bond motifs is 9. The van der Waals surface area contributed by atoms with Crippen LogP contribution in [-0.4, -0.2) is 7.05 Å². The van der Waals surface area contributed by atoms with Gasteiger partial charge in [-0.05, 0) is 90.7 Å². The fraction of sp³-hybridized carbons (Fsp3) is 0.231. The average molecular weight is 692 g/mol. The number of nitrogens with one attached hydrogen (secondary N) is 1. The third-order valence-corrected chi connectivity index (χ3v) is 11.2. The quantitative estimate of drug-likeness (QED) is 0.190. The van der Waals surface area contributed by atoms with Gasteiger partial charge in [-0.1, -0.05) is 193 Å². The molecule has 1 nitrogen and oxygen atoms in total. The highest BCUT2D eigenvalue weighted by molar-refractivity contribution is 5.90. The summed E-state index contributed by atoms with van der Waals surface area (Å²) < 4.78 is 0. The number of unbranched alkanes of at least 4 members (excludes halogenated alkanes) is 1. The summed E-state index contributed by atoms with van der Waals surface area (Å²) in [6.45, 7) is 11.0. The van der Waals surface area contributed by atoms with E-state index in [1.54, 1.807) is 0 Å². The molecule has 6 aromatic carbocycles. The summed E-state index contributed by atoms with van der Waals surface area (Å²) in [5.41, 5.74) is 12.2. The zero-order valence-corrected chi connectivity index (χ0v) is 32.3. The van der Waals surface area contributed by atoms with Crippen LogP contribution in [0.1, 0.15) is 87.6 Å². The Bertz CT molecular complexity index is 2440. The van der Waals surface area contributed by atoms with Crippen LogP contribution in [0.4, 0.5) is 5.69 Å². The molecule has 1 spiro atoms. The van der Waals surface area contributed by atoms with Crippen LogP contribution in [0.15, 0.2) is 157 Å². The van der Waals surface area contributed by atoms with Gasteiger partial charge in [0.25, 0.3) is 0 Å². The second-order valence-corrected chi connectivity index (χ2v) is 14.8.